The van der Waals surface area contributed by atoms with Crippen LogP contribution < -0.4 is 0 Å². The van der Waals surface area contributed by atoms with E-state index < -0.39 is 15.8 Å². The van der Waals surface area contributed by atoms with Crippen LogP contribution in [0.15, 0.2) is 88.5 Å². The van der Waals surface area contributed by atoms with Crippen molar-refractivity contribution in [2.45, 2.75) is 11.8 Å². The van der Waals surface area contributed by atoms with Gasteiger partial charge < -0.3 is 4.42 Å². The Hall–Kier alpha value is -3.12. The highest BCUT2D eigenvalue weighted by molar-refractivity contribution is 7.90. The van der Waals surface area contributed by atoms with Crippen molar-refractivity contribution in [2.24, 2.45) is 0 Å². The molecule has 0 aliphatic rings. The van der Waals surface area contributed by atoms with Gasteiger partial charge in [0.15, 0.2) is 0 Å². The van der Waals surface area contributed by atoms with Crippen molar-refractivity contribution in [3.63, 3.8) is 0 Å². The van der Waals surface area contributed by atoms with Crippen LogP contribution in [-0.2, 0) is 10.0 Å². The van der Waals surface area contributed by atoms with Crippen LogP contribution in [0.25, 0.3) is 22.6 Å². The summed E-state index contributed by atoms with van der Waals surface area (Å²) < 4.78 is 47.3. The lowest BCUT2D eigenvalue weighted by Crippen LogP contribution is -2.13. The molecule has 0 aliphatic heterocycles. The van der Waals surface area contributed by atoms with E-state index in [0.29, 0.717) is 11.3 Å². The number of aromatic nitrogens is 1. The fourth-order valence-electron chi connectivity index (χ4n) is 3.00. The predicted octanol–water partition coefficient (Wildman–Crippen LogP) is 5.10. The second-order valence-corrected chi connectivity index (χ2v) is 8.00. The molecule has 0 saturated heterocycles. The van der Waals surface area contributed by atoms with Gasteiger partial charge >= 0.3 is 0 Å². The Morgan fingerprint density at radius 3 is 2.52 bits per heavy atom. The zero-order valence-electron chi connectivity index (χ0n) is 14.5. The first kappa shape index (κ1) is 17.3. The minimum Gasteiger partial charge on any atom is -0.464 e. The second kappa shape index (κ2) is 6.55. The summed E-state index contributed by atoms with van der Waals surface area (Å²) in [6, 6.07) is 17.8. The molecule has 0 atom stereocenters. The molecule has 0 bridgehead atoms. The lowest BCUT2D eigenvalue weighted by Gasteiger charge is -2.12. The van der Waals surface area contributed by atoms with Crippen LogP contribution in [-0.4, -0.2) is 12.4 Å². The van der Waals surface area contributed by atoms with E-state index in [9.17, 15) is 12.8 Å². The van der Waals surface area contributed by atoms with Crippen LogP contribution in [0.3, 0.4) is 0 Å². The molecule has 0 aliphatic carbocycles. The molecule has 0 N–H and O–H groups in total. The number of benzene rings is 2. The van der Waals surface area contributed by atoms with Gasteiger partial charge in [-0.2, -0.15) is 0 Å². The lowest BCUT2D eigenvalue weighted by molar-refractivity contribution is 0.581. The van der Waals surface area contributed by atoms with Crippen molar-refractivity contribution < 1.29 is 17.2 Å². The van der Waals surface area contributed by atoms with Gasteiger partial charge in [-0.25, -0.2) is 16.8 Å². The van der Waals surface area contributed by atoms with Crippen LogP contribution >= 0.6 is 0 Å². The molecule has 4 nitrogen and oxygen atoms in total. The van der Waals surface area contributed by atoms with Gasteiger partial charge in [0.05, 0.1) is 16.9 Å². The van der Waals surface area contributed by atoms with Crippen LogP contribution in [0.1, 0.15) is 5.56 Å². The number of hydrogen-bond donors (Lipinski definition) is 0. The molecule has 4 rings (SSSR count). The van der Waals surface area contributed by atoms with Gasteiger partial charge in [0.1, 0.15) is 11.6 Å². The minimum atomic E-state index is -3.92. The van der Waals surface area contributed by atoms with E-state index in [-0.39, 0.29) is 16.2 Å². The molecule has 2 aromatic carbocycles. The van der Waals surface area contributed by atoms with E-state index in [1.165, 1.54) is 24.6 Å². The Labute approximate surface area is 156 Å². The third-order valence-electron chi connectivity index (χ3n) is 4.27. The molecule has 0 amide bonds. The molecule has 2 aromatic heterocycles. The Morgan fingerprint density at radius 1 is 0.963 bits per heavy atom. The van der Waals surface area contributed by atoms with E-state index in [1.807, 2.05) is 0 Å². The first-order valence-electron chi connectivity index (χ1n) is 8.30. The number of nitrogens with zero attached hydrogens (tertiary/aromatic N) is 1. The molecule has 6 heteroatoms. The average Bonchev–Trinajstić information content (AvgIpc) is 3.32. The quantitative estimate of drug-likeness (QED) is 0.494. The Balaban J connectivity index is 1.87. The maximum absolute atomic E-state index is 14.3. The summed E-state index contributed by atoms with van der Waals surface area (Å²) in [5, 5.41) is 0. The highest BCUT2D eigenvalue weighted by atomic mass is 32.2. The van der Waals surface area contributed by atoms with Crippen molar-refractivity contribution >= 4 is 10.0 Å². The van der Waals surface area contributed by atoms with Gasteiger partial charge in [0, 0.05) is 17.3 Å². The first-order valence-corrected chi connectivity index (χ1v) is 9.74. The second-order valence-electron chi connectivity index (χ2n) is 6.19. The Bertz CT molecular complexity index is 1210. The largest absolute Gasteiger partial charge is 0.464 e. The van der Waals surface area contributed by atoms with E-state index in [0.717, 1.165) is 9.54 Å². The molecule has 136 valence electrons. The SMILES string of the molecule is Cc1cc(-c2ccccc2F)n(S(=O)(=O)c2cccc(-c3ccco3)c2)c1. The molecule has 0 fully saturated rings. The van der Waals surface area contributed by atoms with Crippen molar-refractivity contribution in [2.75, 3.05) is 0 Å². The summed E-state index contributed by atoms with van der Waals surface area (Å²) in [5.41, 5.74) is 1.89. The number of rotatable bonds is 4. The topological polar surface area (TPSA) is 52.2 Å². The maximum atomic E-state index is 14.3. The van der Waals surface area contributed by atoms with Crippen molar-refractivity contribution in [3.8, 4) is 22.6 Å². The molecule has 4 aromatic rings. The van der Waals surface area contributed by atoms with Gasteiger partial charge in [0.2, 0.25) is 0 Å². The maximum Gasteiger partial charge on any atom is 0.268 e. The molecular weight excluding hydrogens is 365 g/mol. The third-order valence-corrected chi connectivity index (χ3v) is 5.94. The normalized spacial score (nSPS) is 11.6. The zero-order valence-corrected chi connectivity index (χ0v) is 15.3. The van der Waals surface area contributed by atoms with Gasteiger partial charge in [-0.05, 0) is 55.0 Å². The Kier molecular flexibility index (Phi) is 4.20. The third kappa shape index (κ3) is 3.08. The molecule has 0 spiro atoms. The zero-order chi connectivity index (χ0) is 19.0. The van der Waals surface area contributed by atoms with Crippen LogP contribution in [0, 0.1) is 12.7 Å². The van der Waals surface area contributed by atoms with Gasteiger partial charge in [-0.15, -0.1) is 0 Å². The number of halogens is 1. The molecule has 0 radical (unpaired) electrons. The first-order chi connectivity index (χ1) is 13.0. The van der Waals surface area contributed by atoms with E-state index in [2.05, 4.69) is 0 Å². The highest BCUT2D eigenvalue weighted by Gasteiger charge is 2.23. The minimum absolute atomic E-state index is 0.101. The van der Waals surface area contributed by atoms with Gasteiger partial charge in [0.25, 0.3) is 10.0 Å². The predicted molar refractivity (Wildman–Crippen MR) is 101 cm³/mol. The smallest absolute Gasteiger partial charge is 0.268 e. The van der Waals surface area contributed by atoms with Crippen LogP contribution in [0.2, 0.25) is 0 Å². The summed E-state index contributed by atoms with van der Waals surface area (Å²) in [6.07, 6.45) is 3.03. The summed E-state index contributed by atoms with van der Waals surface area (Å²) in [5.74, 6) is 0.0986. The number of hydrogen-bond acceptors (Lipinski definition) is 3. The van der Waals surface area contributed by atoms with Gasteiger partial charge in [-0.3, -0.25) is 0 Å². The summed E-state index contributed by atoms with van der Waals surface area (Å²) in [4.78, 5) is 0.101. The highest BCUT2D eigenvalue weighted by Crippen LogP contribution is 2.30. The monoisotopic (exact) mass is 381 g/mol. The number of furan rings is 1. The summed E-state index contributed by atoms with van der Waals surface area (Å²) in [7, 11) is -3.92. The van der Waals surface area contributed by atoms with Crippen molar-refractivity contribution in [1.29, 1.82) is 0 Å². The van der Waals surface area contributed by atoms with Crippen molar-refractivity contribution in [1.82, 2.24) is 3.97 Å². The van der Waals surface area contributed by atoms with Crippen molar-refractivity contribution in [3.05, 3.63) is 90.6 Å². The lowest BCUT2D eigenvalue weighted by atomic mass is 10.1. The molecule has 2 heterocycles. The van der Waals surface area contributed by atoms with Crippen LogP contribution in [0.5, 0.6) is 0 Å². The molecule has 0 unspecified atom stereocenters. The fraction of sp³-hybridized carbons (Fsp3) is 0.0476. The summed E-state index contributed by atoms with van der Waals surface area (Å²) in [6.45, 7) is 1.77. The fourth-order valence-corrected chi connectivity index (χ4v) is 4.47. The van der Waals surface area contributed by atoms with Gasteiger partial charge in [-0.1, -0.05) is 24.3 Å². The number of aryl methyl sites for hydroxylation is 1. The molecule has 0 saturated carbocycles. The van der Waals surface area contributed by atoms with E-state index >= 15 is 0 Å². The standard InChI is InChI=1S/C21H16FNO3S/c1-15-12-20(18-8-2-3-9-19(18)22)23(14-15)27(24,25)17-7-4-6-16(13-17)21-10-5-11-26-21/h2-14H,1H3. The van der Waals surface area contributed by atoms with Crippen LogP contribution in [0.4, 0.5) is 4.39 Å². The summed E-state index contributed by atoms with van der Waals surface area (Å²) >= 11 is 0. The van der Waals surface area contributed by atoms with E-state index in [4.69, 9.17) is 4.42 Å². The molecular formula is C21H16FNO3S. The molecule has 27 heavy (non-hydrogen) atoms. The van der Waals surface area contributed by atoms with E-state index in [1.54, 1.807) is 61.5 Å². The average molecular weight is 381 g/mol. The Morgan fingerprint density at radius 2 is 1.78 bits per heavy atom.